The van der Waals surface area contributed by atoms with Crippen LogP contribution in [0.2, 0.25) is 0 Å². The number of pyridine rings is 1. The summed E-state index contributed by atoms with van der Waals surface area (Å²) < 4.78 is 11.3. The maximum Gasteiger partial charge on any atom is 0.253 e. The third-order valence-electron chi connectivity index (χ3n) is 5.84. The van der Waals surface area contributed by atoms with Gasteiger partial charge in [0.25, 0.3) is 5.56 Å². The molecule has 1 fully saturated rings. The molecule has 168 valence electrons. The summed E-state index contributed by atoms with van der Waals surface area (Å²) in [7, 11) is 1.63. The lowest BCUT2D eigenvalue weighted by Gasteiger charge is -2.28. The highest BCUT2D eigenvalue weighted by Crippen LogP contribution is 2.24. The van der Waals surface area contributed by atoms with Gasteiger partial charge in [-0.2, -0.15) is 0 Å². The summed E-state index contributed by atoms with van der Waals surface area (Å²) in [6.45, 7) is 3.90. The number of H-pyrrole nitrogens is 1. The van der Waals surface area contributed by atoms with Crippen molar-refractivity contribution < 1.29 is 9.47 Å². The van der Waals surface area contributed by atoms with E-state index in [-0.39, 0.29) is 11.7 Å². The number of thiocarbonyl (C=S) groups is 1. The van der Waals surface area contributed by atoms with E-state index in [1.54, 1.807) is 7.11 Å². The Morgan fingerprint density at radius 2 is 2.12 bits per heavy atom. The van der Waals surface area contributed by atoms with Crippen LogP contribution in [-0.2, 0) is 17.7 Å². The topological polar surface area (TPSA) is 66.6 Å². The molecule has 0 bridgehead atoms. The normalized spacial score (nSPS) is 15.6. The molecule has 3 aromatic rings. The average Bonchev–Trinajstić information content (AvgIpc) is 3.32. The fourth-order valence-electron chi connectivity index (χ4n) is 4.04. The number of aryl methyl sites for hydroxylation is 1. The molecule has 2 N–H and O–H groups in total. The first-order valence-electron chi connectivity index (χ1n) is 11.0. The molecule has 1 aliphatic heterocycles. The number of rotatable bonds is 7. The van der Waals surface area contributed by atoms with E-state index in [1.807, 2.05) is 47.4 Å². The lowest BCUT2D eigenvalue weighted by atomic mass is 10.1. The van der Waals surface area contributed by atoms with Gasteiger partial charge in [0.15, 0.2) is 5.11 Å². The molecule has 32 heavy (non-hydrogen) atoms. The summed E-state index contributed by atoms with van der Waals surface area (Å²) in [5, 5.41) is 4.86. The fourth-order valence-corrected chi connectivity index (χ4v) is 4.29. The number of fused-ring (bicyclic) bond motifs is 1. The van der Waals surface area contributed by atoms with Gasteiger partial charge in [-0.15, -0.1) is 0 Å². The van der Waals surface area contributed by atoms with Crippen molar-refractivity contribution in [3.05, 3.63) is 70.0 Å². The van der Waals surface area contributed by atoms with Crippen LogP contribution < -0.4 is 15.6 Å². The maximum absolute atomic E-state index is 12.8. The van der Waals surface area contributed by atoms with Gasteiger partial charge in [0, 0.05) is 24.2 Å². The Kier molecular flexibility index (Phi) is 7.07. The van der Waals surface area contributed by atoms with E-state index in [0.29, 0.717) is 29.5 Å². The quantitative estimate of drug-likeness (QED) is 0.517. The van der Waals surface area contributed by atoms with Gasteiger partial charge < -0.3 is 24.7 Å². The molecule has 0 radical (unpaired) electrons. The molecule has 1 atom stereocenters. The zero-order valence-electron chi connectivity index (χ0n) is 18.5. The number of para-hydroxylation sites is 2. The average molecular weight is 452 g/mol. The van der Waals surface area contributed by atoms with Crippen molar-refractivity contribution in [2.45, 2.75) is 38.8 Å². The third kappa shape index (κ3) is 5.11. The number of anilines is 1. The molecule has 1 aliphatic rings. The summed E-state index contributed by atoms with van der Waals surface area (Å²) in [5.74, 6) is 0.711. The van der Waals surface area contributed by atoms with Gasteiger partial charge in [0.1, 0.15) is 5.75 Å². The van der Waals surface area contributed by atoms with Crippen LogP contribution in [0.15, 0.2) is 53.3 Å². The first-order chi connectivity index (χ1) is 15.6. The predicted molar refractivity (Wildman–Crippen MR) is 133 cm³/mol. The molecule has 6 nitrogen and oxygen atoms in total. The van der Waals surface area contributed by atoms with E-state index in [2.05, 4.69) is 23.3 Å². The number of nitrogens with one attached hydrogen (secondary N) is 2. The summed E-state index contributed by atoms with van der Waals surface area (Å²) in [4.78, 5) is 17.9. The molecule has 0 aliphatic carbocycles. The van der Waals surface area contributed by atoms with Gasteiger partial charge in [-0.05, 0) is 72.8 Å². The largest absolute Gasteiger partial charge is 0.495 e. The molecule has 0 spiro atoms. The molecule has 0 saturated carbocycles. The van der Waals surface area contributed by atoms with Crippen LogP contribution in [0.1, 0.15) is 30.9 Å². The van der Waals surface area contributed by atoms with Gasteiger partial charge in [0.05, 0.1) is 25.4 Å². The third-order valence-corrected chi connectivity index (χ3v) is 6.20. The Labute approximate surface area is 193 Å². The number of hydrogen-bond acceptors (Lipinski definition) is 4. The molecular weight excluding hydrogens is 422 g/mol. The second-order valence-electron chi connectivity index (χ2n) is 8.04. The molecule has 2 aromatic carbocycles. The lowest BCUT2D eigenvalue weighted by Crippen LogP contribution is -2.40. The van der Waals surface area contributed by atoms with E-state index in [1.165, 1.54) is 5.56 Å². The van der Waals surface area contributed by atoms with Crippen LogP contribution in [0.4, 0.5) is 5.69 Å². The Hall–Kier alpha value is -2.90. The molecule has 2 heterocycles. The van der Waals surface area contributed by atoms with Gasteiger partial charge >= 0.3 is 0 Å². The van der Waals surface area contributed by atoms with Crippen molar-refractivity contribution in [1.29, 1.82) is 0 Å². The van der Waals surface area contributed by atoms with Crippen molar-refractivity contribution >= 4 is 33.9 Å². The zero-order chi connectivity index (χ0) is 22.5. The standard InChI is InChI=1S/C25H29N3O3S/c1-3-17-10-11-21-18(13-17)14-19(24(29)26-21)15-28(16-20-7-6-12-31-20)25(32)27-22-8-4-5-9-23(22)30-2/h4-5,8-11,13-14,20H,3,6-7,12,15-16H2,1-2H3,(H,26,29)(H,27,32). The van der Waals surface area contributed by atoms with Crippen molar-refractivity contribution in [2.24, 2.45) is 0 Å². The molecular formula is C25H29N3O3S. The number of aromatic nitrogens is 1. The molecule has 4 rings (SSSR count). The number of benzene rings is 2. The fraction of sp³-hybridized carbons (Fsp3) is 0.360. The molecule has 1 unspecified atom stereocenters. The predicted octanol–water partition coefficient (Wildman–Crippen LogP) is 4.48. The van der Waals surface area contributed by atoms with Crippen molar-refractivity contribution in [1.82, 2.24) is 9.88 Å². The summed E-state index contributed by atoms with van der Waals surface area (Å²) >= 11 is 5.77. The monoisotopic (exact) mass is 451 g/mol. The zero-order valence-corrected chi connectivity index (χ0v) is 19.3. The maximum atomic E-state index is 12.8. The number of methoxy groups -OCH3 is 1. The second-order valence-corrected chi connectivity index (χ2v) is 8.43. The number of ether oxygens (including phenoxy) is 2. The van der Waals surface area contributed by atoms with Crippen LogP contribution in [0.3, 0.4) is 0 Å². The Bertz CT molecular complexity index is 1150. The molecule has 0 amide bonds. The number of aromatic amines is 1. The Morgan fingerprint density at radius 1 is 1.28 bits per heavy atom. The highest BCUT2D eigenvalue weighted by atomic mass is 32.1. The van der Waals surface area contributed by atoms with Gasteiger partial charge in [-0.3, -0.25) is 4.79 Å². The molecule has 7 heteroatoms. The Morgan fingerprint density at radius 3 is 2.88 bits per heavy atom. The van der Waals surface area contributed by atoms with Crippen molar-refractivity contribution in [3.8, 4) is 5.75 Å². The summed E-state index contributed by atoms with van der Waals surface area (Å²) in [6, 6.07) is 15.8. The lowest BCUT2D eigenvalue weighted by molar-refractivity contribution is 0.0904. The highest BCUT2D eigenvalue weighted by Gasteiger charge is 2.22. The Balaban J connectivity index is 1.62. The van der Waals surface area contributed by atoms with E-state index < -0.39 is 0 Å². The van der Waals surface area contributed by atoms with Crippen molar-refractivity contribution in [2.75, 3.05) is 25.6 Å². The second kappa shape index (κ2) is 10.1. The first kappa shape index (κ1) is 22.3. The van der Waals surface area contributed by atoms with E-state index in [0.717, 1.165) is 42.5 Å². The van der Waals surface area contributed by atoms with Gasteiger partial charge in [-0.1, -0.05) is 25.1 Å². The highest BCUT2D eigenvalue weighted by molar-refractivity contribution is 7.80. The SMILES string of the molecule is CCc1ccc2[nH]c(=O)c(CN(CC3CCCO3)C(=S)Nc3ccccc3OC)cc2c1. The van der Waals surface area contributed by atoms with Crippen LogP contribution in [-0.4, -0.2) is 41.4 Å². The van der Waals surface area contributed by atoms with E-state index >= 15 is 0 Å². The minimum atomic E-state index is -0.0980. The minimum Gasteiger partial charge on any atom is -0.495 e. The minimum absolute atomic E-state index is 0.0960. The van der Waals surface area contributed by atoms with Crippen LogP contribution in [0, 0.1) is 0 Å². The summed E-state index contributed by atoms with van der Waals surface area (Å²) in [6.07, 6.45) is 3.07. The van der Waals surface area contributed by atoms with Crippen molar-refractivity contribution in [3.63, 3.8) is 0 Å². The van der Waals surface area contributed by atoms with Crippen LogP contribution in [0.5, 0.6) is 5.75 Å². The number of nitrogens with zero attached hydrogens (tertiary/aromatic N) is 1. The van der Waals surface area contributed by atoms with E-state index in [9.17, 15) is 4.79 Å². The number of hydrogen-bond donors (Lipinski definition) is 2. The van der Waals surface area contributed by atoms with Crippen LogP contribution >= 0.6 is 12.2 Å². The smallest absolute Gasteiger partial charge is 0.253 e. The molecule has 1 saturated heterocycles. The summed E-state index contributed by atoms with van der Waals surface area (Å²) in [5.41, 5.74) is 3.45. The first-order valence-corrected chi connectivity index (χ1v) is 11.4. The van der Waals surface area contributed by atoms with Gasteiger partial charge in [-0.25, -0.2) is 0 Å². The van der Waals surface area contributed by atoms with E-state index in [4.69, 9.17) is 21.7 Å². The van der Waals surface area contributed by atoms with Gasteiger partial charge in [0.2, 0.25) is 0 Å². The van der Waals surface area contributed by atoms with Crippen LogP contribution in [0.25, 0.3) is 10.9 Å². The molecule has 1 aromatic heterocycles.